The van der Waals surface area contributed by atoms with Crippen LogP contribution in [-0.4, -0.2) is 13.1 Å². The monoisotopic (exact) mass is 320 g/mol. The van der Waals surface area contributed by atoms with Crippen LogP contribution in [0.2, 0.25) is 0 Å². The molecule has 0 fully saturated rings. The quantitative estimate of drug-likeness (QED) is 0.632. The molecule has 0 heterocycles. The third-order valence-corrected chi connectivity index (χ3v) is 2.97. The lowest BCUT2D eigenvalue weighted by molar-refractivity contribution is -0.139. The van der Waals surface area contributed by atoms with Crippen molar-refractivity contribution < 1.29 is 9.53 Å². The molecule has 0 saturated heterocycles. The molecule has 0 amide bonds. The van der Waals surface area contributed by atoms with Gasteiger partial charge in [-0.2, -0.15) is 0 Å². The van der Waals surface area contributed by atoms with E-state index in [0.717, 1.165) is 20.9 Å². The Bertz CT molecular complexity index is 337. The second kappa shape index (κ2) is 5.51. The van der Waals surface area contributed by atoms with Gasteiger partial charge in [0.15, 0.2) is 0 Å². The molecule has 14 heavy (non-hydrogen) atoms. The highest BCUT2D eigenvalue weighted by Gasteiger charge is 2.07. The van der Waals surface area contributed by atoms with Gasteiger partial charge < -0.3 is 4.74 Å². The molecule has 1 aromatic carbocycles. The number of esters is 1. The zero-order valence-electron chi connectivity index (χ0n) is 7.72. The molecule has 76 valence electrons. The number of carbonyl (C=O) groups excluding carboxylic acids is 1. The molecule has 0 radical (unpaired) electrons. The van der Waals surface area contributed by atoms with Gasteiger partial charge in [-0.25, -0.2) is 0 Å². The molecule has 0 aliphatic rings. The van der Waals surface area contributed by atoms with Crippen LogP contribution < -0.4 is 0 Å². The number of benzene rings is 1. The molecular weight excluding hydrogens is 312 g/mol. The van der Waals surface area contributed by atoms with Gasteiger partial charge in [-0.15, -0.1) is 0 Å². The number of methoxy groups -OCH3 is 1. The number of halogens is 2. The van der Waals surface area contributed by atoms with Crippen LogP contribution in [0.3, 0.4) is 0 Å². The van der Waals surface area contributed by atoms with Crippen LogP contribution in [0.15, 0.2) is 22.7 Å². The predicted octanol–water partition coefficient (Wildman–Crippen LogP) is 3.06. The number of hydrogen-bond acceptors (Lipinski definition) is 2. The van der Waals surface area contributed by atoms with E-state index in [-0.39, 0.29) is 5.97 Å². The molecule has 0 saturated carbocycles. The number of rotatable bonds is 3. The third-order valence-electron chi connectivity index (χ3n) is 1.87. The van der Waals surface area contributed by atoms with Crippen molar-refractivity contribution in [2.24, 2.45) is 0 Å². The molecule has 0 aliphatic carbocycles. The van der Waals surface area contributed by atoms with Crippen LogP contribution in [0.1, 0.15) is 11.1 Å². The highest BCUT2D eigenvalue weighted by molar-refractivity contribution is 9.10. The second-order valence-corrected chi connectivity index (χ2v) is 4.28. The molecular formula is C10H10Br2O2. The summed E-state index contributed by atoms with van der Waals surface area (Å²) in [6, 6.07) is 5.88. The summed E-state index contributed by atoms with van der Waals surface area (Å²) in [7, 11) is 1.40. The summed E-state index contributed by atoms with van der Waals surface area (Å²) in [6.45, 7) is 0. The van der Waals surface area contributed by atoms with Gasteiger partial charge in [-0.05, 0) is 23.3 Å². The number of carbonyl (C=O) groups is 1. The SMILES string of the molecule is COC(=O)Cc1cc(Br)ccc1CBr. The third kappa shape index (κ3) is 3.10. The minimum atomic E-state index is -0.217. The fraction of sp³-hybridized carbons (Fsp3) is 0.300. The van der Waals surface area contributed by atoms with Crippen LogP contribution in [0.4, 0.5) is 0 Å². The Morgan fingerprint density at radius 1 is 1.43 bits per heavy atom. The average molecular weight is 322 g/mol. The lowest BCUT2D eigenvalue weighted by Crippen LogP contribution is -2.06. The Hall–Kier alpha value is -0.350. The van der Waals surface area contributed by atoms with Crippen LogP contribution in [0, 0.1) is 0 Å². The normalized spacial score (nSPS) is 9.93. The minimum Gasteiger partial charge on any atom is -0.469 e. The number of ether oxygens (including phenoxy) is 1. The molecule has 1 rings (SSSR count). The van der Waals surface area contributed by atoms with Gasteiger partial charge in [-0.3, -0.25) is 4.79 Å². The highest BCUT2D eigenvalue weighted by atomic mass is 79.9. The van der Waals surface area contributed by atoms with Gasteiger partial charge >= 0.3 is 5.97 Å². The first-order valence-electron chi connectivity index (χ1n) is 4.07. The van der Waals surface area contributed by atoms with Gasteiger partial charge in [0.2, 0.25) is 0 Å². The van der Waals surface area contributed by atoms with E-state index in [9.17, 15) is 4.79 Å². The lowest BCUT2D eigenvalue weighted by Gasteiger charge is -2.06. The molecule has 0 bridgehead atoms. The Morgan fingerprint density at radius 2 is 2.14 bits per heavy atom. The first-order chi connectivity index (χ1) is 6.67. The number of alkyl halides is 1. The fourth-order valence-corrected chi connectivity index (χ4v) is 2.07. The first-order valence-corrected chi connectivity index (χ1v) is 5.99. The van der Waals surface area contributed by atoms with E-state index < -0.39 is 0 Å². The van der Waals surface area contributed by atoms with E-state index in [1.54, 1.807) is 0 Å². The van der Waals surface area contributed by atoms with E-state index in [1.807, 2.05) is 18.2 Å². The fourth-order valence-electron chi connectivity index (χ4n) is 1.12. The summed E-state index contributed by atoms with van der Waals surface area (Å²) in [4.78, 5) is 11.1. The molecule has 4 heteroatoms. The standard InChI is InChI=1S/C10H10Br2O2/c1-14-10(13)5-8-4-9(12)3-2-7(8)6-11/h2-4H,5-6H2,1H3. The van der Waals surface area contributed by atoms with Gasteiger partial charge in [-0.1, -0.05) is 37.9 Å². The minimum absolute atomic E-state index is 0.217. The average Bonchev–Trinajstić information content (AvgIpc) is 2.18. The van der Waals surface area contributed by atoms with Crippen molar-refractivity contribution in [1.82, 2.24) is 0 Å². The van der Waals surface area contributed by atoms with Gasteiger partial charge in [0, 0.05) is 9.80 Å². The van der Waals surface area contributed by atoms with Crippen molar-refractivity contribution in [3.8, 4) is 0 Å². The van der Waals surface area contributed by atoms with Crippen molar-refractivity contribution >= 4 is 37.8 Å². The summed E-state index contributed by atoms with van der Waals surface area (Å²) < 4.78 is 5.60. The predicted molar refractivity (Wildman–Crippen MR) is 62.5 cm³/mol. The van der Waals surface area contributed by atoms with Crippen LogP contribution in [0.25, 0.3) is 0 Å². The van der Waals surface area contributed by atoms with Gasteiger partial charge in [0.1, 0.15) is 0 Å². The lowest BCUT2D eigenvalue weighted by atomic mass is 10.1. The molecule has 0 aromatic heterocycles. The van der Waals surface area contributed by atoms with E-state index in [1.165, 1.54) is 7.11 Å². The van der Waals surface area contributed by atoms with Crippen LogP contribution >= 0.6 is 31.9 Å². The van der Waals surface area contributed by atoms with Crippen molar-refractivity contribution in [2.45, 2.75) is 11.8 Å². The summed E-state index contributed by atoms with van der Waals surface area (Å²) in [6.07, 6.45) is 0.316. The van der Waals surface area contributed by atoms with Crippen LogP contribution in [-0.2, 0) is 21.3 Å². The zero-order valence-corrected chi connectivity index (χ0v) is 10.9. The summed E-state index contributed by atoms with van der Waals surface area (Å²) in [5.41, 5.74) is 2.10. The van der Waals surface area contributed by atoms with Crippen molar-refractivity contribution in [2.75, 3.05) is 7.11 Å². The largest absolute Gasteiger partial charge is 0.469 e. The highest BCUT2D eigenvalue weighted by Crippen LogP contribution is 2.19. The van der Waals surface area contributed by atoms with E-state index in [4.69, 9.17) is 0 Å². The Balaban J connectivity index is 2.93. The smallest absolute Gasteiger partial charge is 0.309 e. The van der Waals surface area contributed by atoms with Gasteiger partial charge in [0.25, 0.3) is 0 Å². The molecule has 0 aliphatic heterocycles. The van der Waals surface area contributed by atoms with E-state index in [0.29, 0.717) is 6.42 Å². The van der Waals surface area contributed by atoms with Crippen LogP contribution in [0.5, 0.6) is 0 Å². The maximum Gasteiger partial charge on any atom is 0.309 e. The molecule has 0 spiro atoms. The number of hydrogen-bond donors (Lipinski definition) is 0. The molecule has 0 unspecified atom stereocenters. The first kappa shape index (κ1) is 11.7. The van der Waals surface area contributed by atoms with Gasteiger partial charge in [0.05, 0.1) is 13.5 Å². The maximum atomic E-state index is 11.1. The zero-order chi connectivity index (χ0) is 10.6. The summed E-state index contributed by atoms with van der Waals surface area (Å²) >= 11 is 6.75. The van der Waals surface area contributed by atoms with Crippen molar-refractivity contribution in [1.29, 1.82) is 0 Å². The molecule has 0 N–H and O–H groups in total. The summed E-state index contributed by atoms with van der Waals surface area (Å²) in [5, 5.41) is 0.743. The Labute approximate surface area is 99.9 Å². The van der Waals surface area contributed by atoms with E-state index in [2.05, 4.69) is 36.6 Å². The molecule has 0 atom stereocenters. The Kier molecular flexibility index (Phi) is 4.62. The summed E-state index contributed by atoms with van der Waals surface area (Å²) in [5.74, 6) is -0.217. The Morgan fingerprint density at radius 3 is 2.71 bits per heavy atom. The van der Waals surface area contributed by atoms with Crippen molar-refractivity contribution in [3.63, 3.8) is 0 Å². The van der Waals surface area contributed by atoms with E-state index >= 15 is 0 Å². The van der Waals surface area contributed by atoms with Crippen molar-refractivity contribution in [3.05, 3.63) is 33.8 Å². The molecule has 2 nitrogen and oxygen atoms in total. The maximum absolute atomic E-state index is 11.1. The molecule has 1 aromatic rings. The second-order valence-electron chi connectivity index (χ2n) is 2.80. The topological polar surface area (TPSA) is 26.3 Å².